The standard InChI is InChI=1S/C11H17NO4/c1-6(2)8(13)5-9(14)11(16)12-10(15)7(3)4/h9,11,14,16H,1,3,5H2,2,4H3,(H,12,15). The average molecular weight is 227 g/mol. The molecule has 0 aromatic heterocycles. The van der Waals surface area contributed by atoms with Crippen LogP contribution in [0.2, 0.25) is 0 Å². The first-order chi connectivity index (χ1) is 7.25. The molecule has 0 bridgehead atoms. The van der Waals surface area contributed by atoms with Crippen molar-refractivity contribution in [3.05, 3.63) is 24.3 Å². The van der Waals surface area contributed by atoms with Crippen LogP contribution in [0.3, 0.4) is 0 Å². The largest absolute Gasteiger partial charge is 0.388 e. The third-order valence-electron chi connectivity index (χ3n) is 1.90. The van der Waals surface area contributed by atoms with Crippen LogP contribution in [-0.2, 0) is 9.59 Å². The van der Waals surface area contributed by atoms with E-state index < -0.39 is 18.2 Å². The molecule has 5 nitrogen and oxygen atoms in total. The number of carbonyl (C=O) groups excluding carboxylic acids is 2. The van der Waals surface area contributed by atoms with E-state index in [1.165, 1.54) is 13.8 Å². The Morgan fingerprint density at radius 1 is 1.19 bits per heavy atom. The number of aliphatic hydroxyl groups excluding tert-OH is 2. The molecule has 0 spiro atoms. The highest BCUT2D eigenvalue weighted by molar-refractivity contribution is 5.94. The van der Waals surface area contributed by atoms with E-state index in [0.29, 0.717) is 0 Å². The van der Waals surface area contributed by atoms with Crippen molar-refractivity contribution in [2.45, 2.75) is 32.6 Å². The first-order valence-electron chi connectivity index (χ1n) is 4.77. The third-order valence-corrected chi connectivity index (χ3v) is 1.90. The molecular weight excluding hydrogens is 210 g/mol. The topological polar surface area (TPSA) is 86.6 Å². The lowest BCUT2D eigenvalue weighted by molar-refractivity contribution is -0.126. The van der Waals surface area contributed by atoms with E-state index in [4.69, 9.17) is 0 Å². The van der Waals surface area contributed by atoms with Gasteiger partial charge in [-0.2, -0.15) is 0 Å². The van der Waals surface area contributed by atoms with Crippen LogP contribution in [0.1, 0.15) is 20.3 Å². The minimum absolute atomic E-state index is 0.206. The number of hydrogen-bond donors (Lipinski definition) is 3. The van der Waals surface area contributed by atoms with Gasteiger partial charge in [-0.05, 0) is 19.4 Å². The van der Waals surface area contributed by atoms with Gasteiger partial charge in [-0.3, -0.25) is 9.59 Å². The quantitative estimate of drug-likeness (QED) is 0.436. The van der Waals surface area contributed by atoms with Gasteiger partial charge in [0.05, 0.1) is 0 Å². The van der Waals surface area contributed by atoms with Gasteiger partial charge in [-0.1, -0.05) is 13.2 Å². The van der Waals surface area contributed by atoms with E-state index in [-0.39, 0.29) is 23.4 Å². The molecule has 5 heteroatoms. The van der Waals surface area contributed by atoms with E-state index in [1.54, 1.807) is 0 Å². The molecule has 0 saturated heterocycles. The lowest BCUT2D eigenvalue weighted by Crippen LogP contribution is -2.44. The summed E-state index contributed by atoms with van der Waals surface area (Å²) in [6, 6.07) is 0. The number of carbonyl (C=O) groups is 2. The molecule has 0 radical (unpaired) electrons. The number of hydrogen-bond acceptors (Lipinski definition) is 4. The summed E-state index contributed by atoms with van der Waals surface area (Å²) in [6.45, 7) is 9.76. The van der Waals surface area contributed by atoms with E-state index in [1.807, 2.05) is 0 Å². The summed E-state index contributed by atoms with van der Waals surface area (Å²) in [5.74, 6) is -0.939. The van der Waals surface area contributed by atoms with Crippen LogP contribution in [0, 0.1) is 0 Å². The van der Waals surface area contributed by atoms with Crippen LogP contribution in [0.4, 0.5) is 0 Å². The van der Waals surface area contributed by atoms with Gasteiger partial charge in [0.2, 0.25) is 5.91 Å². The molecule has 0 heterocycles. The second-order valence-corrected chi connectivity index (χ2v) is 3.67. The highest BCUT2D eigenvalue weighted by atomic mass is 16.3. The summed E-state index contributed by atoms with van der Waals surface area (Å²) in [5, 5.41) is 20.9. The van der Waals surface area contributed by atoms with E-state index in [2.05, 4.69) is 18.5 Å². The zero-order valence-electron chi connectivity index (χ0n) is 9.49. The number of ketones is 1. The molecule has 0 rings (SSSR count). The van der Waals surface area contributed by atoms with Crippen LogP contribution in [-0.4, -0.2) is 34.2 Å². The second-order valence-electron chi connectivity index (χ2n) is 3.67. The van der Waals surface area contributed by atoms with E-state index in [9.17, 15) is 19.8 Å². The molecule has 0 aliphatic carbocycles. The molecule has 0 aliphatic heterocycles. The third kappa shape index (κ3) is 4.86. The SMILES string of the molecule is C=C(C)C(=O)CC(O)C(O)NC(=O)C(=C)C. The Bertz CT molecular complexity index is 290. The number of nitrogens with one attached hydrogen (secondary N) is 1. The van der Waals surface area contributed by atoms with Crippen molar-refractivity contribution in [3.8, 4) is 0 Å². The predicted octanol–water partition coefficient (Wildman–Crippen LogP) is -0.107. The van der Waals surface area contributed by atoms with Crippen molar-refractivity contribution >= 4 is 11.7 Å². The fourth-order valence-corrected chi connectivity index (χ4v) is 0.830. The van der Waals surface area contributed by atoms with Gasteiger partial charge in [0.25, 0.3) is 0 Å². The number of allylic oxidation sites excluding steroid dienone is 1. The number of rotatable bonds is 6. The van der Waals surface area contributed by atoms with Crippen molar-refractivity contribution < 1.29 is 19.8 Å². The van der Waals surface area contributed by atoms with Crippen LogP contribution < -0.4 is 5.32 Å². The van der Waals surface area contributed by atoms with Gasteiger partial charge in [-0.25, -0.2) is 0 Å². The lowest BCUT2D eigenvalue weighted by atomic mass is 10.1. The fourth-order valence-electron chi connectivity index (χ4n) is 0.830. The summed E-state index contributed by atoms with van der Waals surface area (Å²) in [6.07, 6.45) is -3.13. The van der Waals surface area contributed by atoms with Crippen LogP contribution in [0.25, 0.3) is 0 Å². The molecule has 2 unspecified atom stereocenters. The Kier molecular flexibility index (Phi) is 5.63. The molecule has 90 valence electrons. The van der Waals surface area contributed by atoms with Gasteiger partial charge in [0, 0.05) is 12.0 Å². The first-order valence-corrected chi connectivity index (χ1v) is 4.77. The Balaban J connectivity index is 4.24. The highest BCUT2D eigenvalue weighted by Crippen LogP contribution is 2.03. The number of aliphatic hydroxyl groups is 2. The molecule has 0 fully saturated rings. The van der Waals surface area contributed by atoms with Crippen molar-refractivity contribution in [2.75, 3.05) is 0 Å². The maximum atomic E-state index is 11.2. The monoisotopic (exact) mass is 227 g/mol. The van der Waals surface area contributed by atoms with Crippen molar-refractivity contribution in [1.29, 1.82) is 0 Å². The molecule has 0 saturated carbocycles. The molecule has 0 aromatic rings. The van der Waals surface area contributed by atoms with Gasteiger partial charge >= 0.3 is 0 Å². The smallest absolute Gasteiger partial charge is 0.248 e. The summed E-state index contributed by atoms with van der Waals surface area (Å²) in [7, 11) is 0. The van der Waals surface area contributed by atoms with Crippen LogP contribution in [0.5, 0.6) is 0 Å². The fraction of sp³-hybridized carbons (Fsp3) is 0.455. The molecular formula is C11H17NO4. The minimum atomic E-state index is -1.49. The second kappa shape index (κ2) is 6.19. The van der Waals surface area contributed by atoms with Gasteiger partial charge in [0.1, 0.15) is 6.10 Å². The normalized spacial score (nSPS) is 13.8. The molecule has 0 aromatic carbocycles. The molecule has 1 amide bonds. The molecule has 3 N–H and O–H groups in total. The molecule has 16 heavy (non-hydrogen) atoms. The summed E-state index contributed by atoms with van der Waals surface area (Å²) in [4.78, 5) is 22.3. The highest BCUT2D eigenvalue weighted by Gasteiger charge is 2.21. The summed E-state index contributed by atoms with van der Waals surface area (Å²) < 4.78 is 0. The minimum Gasteiger partial charge on any atom is -0.388 e. The predicted molar refractivity (Wildman–Crippen MR) is 59.4 cm³/mol. The zero-order chi connectivity index (χ0) is 12.9. The Hall–Kier alpha value is -1.46. The Morgan fingerprint density at radius 2 is 1.69 bits per heavy atom. The van der Waals surface area contributed by atoms with Gasteiger partial charge < -0.3 is 15.5 Å². The molecule has 0 aliphatic rings. The zero-order valence-corrected chi connectivity index (χ0v) is 9.49. The number of amides is 1. The number of Topliss-reactive ketones (excluding diaryl/α,β-unsaturated/α-hetero) is 1. The maximum absolute atomic E-state index is 11.2. The van der Waals surface area contributed by atoms with E-state index in [0.717, 1.165) is 0 Å². The van der Waals surface area contributed by atoms with Crippen molar-refractivity contribution in [2.24, 2.45) is 0 Å². The summed E-state index contributed by atoms with van der Waals surface area (Å²) in [5.41, 5.74) is 0.495. The lowest BCUT2D eigenvalue weighted by Gasteiger charge is -2.18. The van der Waals surface area contributed by atoms with Crippen molar-refractivity contribution in [3.63, 3.8) is 0 Å². The summed E-state index contributed by atoms with van der Waals surface area (Å²) >= 11 is 0. The van der Waals surface area contributed by atoms with Crippen molar-refractivity contribution in [1.82, 2.24) is 5.32 Å². The Labute approximate surface area is 94.5 Å². The van der Waals surface area contributed by atoms with Crippen LogP contribution in [0.15, 0.2) is 24.3 Å². The Morgan fingerprint density at radius 3 is 2.06 bits per heavy atom. The molecule has 2 atom stereocenters. The van der Waals surface area contributed by atoms with Gasteiger partial charge in [-0.15, -0.1) is 0 Å². The maximum Gasteiger partial charge on any atom is 0.248 e. The first kappa shape index (κ1) is 14.5. The van der Waals surface area contributed by atoms with Gasteiger partial charge in [0.15, 0.2) is 12.0 Å². The van der Waals surface area contributed by atoms with E-state index >= 15 is 0 Å². The average Bonchev–Trinajstić information content (AvgIpc) is 2.16. The van der Waals surface area contributed by atoms with Crippen LogP contribution >= 0.6 is 0 Å².